The highest BCUT2D eigenvalue weighted by Crippen LogP contribution is 2.30. The van der Waals surface area contributed by atoms with Crippen LogP contribution < -0.4 is 5.32 Å². The topological polar surface area (TPSA) is 45.2 Å². The molecule has 2 fully saturated rings. The number of carbonyl (C=O) groups excluding carboxylic acids is 1. The molecule has 1 aliphatic heterocycles. The molecule has 0 aromatic carbocycles. The summed E-state index contributed by atoms with van der Waals surface area (Å²) in [6.07, 6.45) is 8.56. The molecule has 4 nitrogen and oxygen atoms in total. The molecular weight excluding hydrogens is 286 g/mol. The maximum absolute atomic E-state index is 12.8. The molecule has 1 aromatic rings. The fourth-order valence-corrected chi connectivity index (χ4v) is 4.20. The van der Waals surface area contributed by atoms with Gasteiger partial charge < -0.3 is 10.2 Å². The predicted molar refractivity (Wildman–Crippen MR) is 92.7 cm³/mol. The Balaban J connectivity index is 1.75. The van der Waals surface area contributed by atoms with Crippen LogP contribution in [0.1, 0.15) is 66.7 Å². The Labute approximate surface area is 139 Å². The number of aryl methyl sites for hydroxylation is 2. The van der Waals surface area contributed by atoms with E-state index in [1.807, 2.05) is 26.0 Å². The molecule has 1 amide bonds. The third-order valence-corrected chi connectivity index (χ3v) is 5.26. The normalized spacial score (nSPS) is 21.3. The van der Waals surface area contributed by atoms with Gasteiger partial charge in [0.15, 0.2) is 0 Å². The number of nitrogens with zero attached hydrogens (tertiary/aromatic N) is 2. The van der Waals surface area contributed by atoms with Gasteiger partial charge in [-0.2, -0.15) is 0 Å². The number of rotatable bonds is 4. The van der Waals surface area contributed by atoms with Gasteiger partial charge in [-0.3, -0.25) is 9.78 Å². The maximum Gasteiger partial charge on any atom is 0.251 e. The summed E-state index contributed by atoms with van der Waals surface area (Å²) in [6, 6.07) is 3.80. The summed E-state index contributed by atoms with van der Waals surface area (Å²) in [5.74, 6) is 0.0692. The number of nitrogens with one attached hydrogen (secondary N) is 1. The van der Waals surface area contributed by atoms with Crippen LogP contribution in [-0.2, 0) is 0 Å². The van der Waals surface area contributed by atoms with E-state index in [1.165, 1.54) is 45.2 Å². The zero-order valence-corrected chi connectivity index (χ0v) is 14.5. The molecule has 2 heterocycles. The van der Waals surface area contributed by atoms with Gasteiger partial charge >= 0.3 is 0 Å². The Morgan fingerprint density at radius 3 is 2.30 bits per heavy atom. The third kappa shape index (κ3) is 4.11. The fraction of sp³-hybridized carbons (Fsp3) is 0.684. The van der Waals surface area contributed by atoms with Crippen molar-refractivity contribution in [2.45, 2.75) is 64.3 Å². The van der Waals surface area contributed by atoms with Crippen LogP contribution in [0.15, 0.2) is 12.1 Å². The van der Waals surface area contributed by atoms with E-state index in [2.05, 4.69) is 15.2 Å². The molecule has 0 atom stereocenters. The summed E-state index contributed by atoms with van der Waals surface area (Å²) in [5.41, 5.74) is 2.53. The summed E-state index contributed by atoms with van der Waals surface area (Å²) in [7, 11) is 0. The maximum atomic E-state index is 12.8. The predicted octanol–water partition coefficient (Wildman–Crippen LogP) is 3.23. The van der Waals surface area contributed by atoms with Crippen molar-refractivity contribution in [1.29, 1.82) is 0 Å². The van der Waals surface area contributed by atoms with Crippen molar-refractivity contribution in [2.24, 2.45) is 0 Å². The van der Waals surface area contributed by atoms with Gasteiger partial charge in [-0.15, -0.1) is 0 Å². The first-order chi connectivity index (χ1) is 11.1. The van der Waals surface area contributed by atoms with Gasteiger partial charge in [0.2, 0.25) is 0 Å². The first kappa shape index (κ1) is 16.4. The summed E-state index contributed by atoms with van der Waals surface area (Å²) in [4.78, 5) is 19.8. The van der Waals surface area contributed by atoms with Crippen LogP contribution in [0, 0.1) is 13.8 Å². The monoisotopic (exact) mass is 315 g/mol. The van der Waals surface area contributed by atoms with Crippen molar-refractivity contribution in [3.63, 3.8) is 0 Å². The lowest BCUT2D eigenvalue weighted by atomic mass is 9.81. The lowest BCUT2D eigenvalue weighted by molar-refractivity contribution is 0.0822. The minimum atomic E-state index is -0.0370. The zero-order valence-electron chi connectivity index (χ0n) is 14.5. The molecule has 1 saturated carbocycles. The fourth-order valence-electron chi connectivity index (χ4n) is 4.20. The van der Waals surface area contributed by atoms with Gasteiger partial charge in [-0.25, -0.2) is 0 Å². The largest absolute Gasteiger partial charge is 0.345 e. The van der Waals surface area contributed by atoms with Crippen molar-refractivity contribution in [2.75, 3.05) is 19.6 Å². The highest BCUT2D eigenvalue weighted by Gasteiger charge is 2.36. The highest BCUT2D eigenvalue weighted by molar-refractivity contribution is 5.94. The van der Waals surface area contributed by atoms with Crippen molar-refractivity contribution < 1.29 is 4.79 Å². The van der Waals surface area contributed by atoms with Crippen LogP contribution in [0.3, 0.4) is 0 Å². The van der Waals surface area contributed by atoms with Crippen LogP contribution in [0.4, 0.5) is 0 Å². The SMILES string of the molecule is Cc1cc(C(=O)NC2(CN3CCCC3)CCCCC2)cc(C)n1. The summed E-state index contributed by atoms with van der Waals surface area (Å²) < 4.78 is 0. The van der Waals surface area contributed by atoms with Crippen LogP contribution in [-0.4, -0.2) is 41.0 Å². The van der Waals surface area contributed by atoms with Crippen molar-refractivity contribution in [3.8, 4) is 0 Å². The van der Waals surface area contributed by atoms with Crippen molar-refractivity contribution >= 4 is 5.91 Å². The summed E-state index contributed by atoms with van der Waals surface area (Å²) in [5, 5.41) is 3.42. The number of amides is 1. The first-order valence-corrected chi connectivity index (χ1v) is 9.07. The number of aromatic nitrogens is 1. The molecule has 0 bridgehead atoms. The molecule has 126 valence electrons. The van der Waals surface area contributed by atoms with E-state index in [1.54, 1.807) is 0 Å². The van der Waals surface area contributed by atoms with E-state index in [-0.39, 0.29) is 11.4 Å². The Morgan fingerprint density at radius 1 is 1.09 bits per heavy atom. The van der Waals surface area contributed by atoms with Crippen molar-refractivity contribution in [3.05, 3.63) is 29.1 Å². The molecule has 1 aliphatic carbocycles. The van der Waals surface area contributed by atoms with E-state index in [4.69, 9.17) is 0 Å². The zero-order chi connectivity index (χ0) is 16.3. The first-order valence-electron chi connectivity index (χ1n) is 9.07. The van der Waals surface area contributed by atoms with E-state index >= 15 is 0 Å². The second-order valence-electron chi connectivity index (χ2n) is 7.42. The average molecular weight is 315 g/mol. The molecule has 3 rings (SSSR count). The number of likely N-dealkylation sites (tertiary alicyclic amines) is 1. The quantitative estimate of drug-likeness (QED) is 0.928. The molecule has 4 heteroatoms. The van der Waals surface area contributed by atoms with Gasteiger partial charge in [0.25, 0.3) is 5.91 Å². The lowest BCUT2D eigenvalue weighted by Crippen LogP contribution is -2.56. The second-order valence-corrected chi connectivity index (χ2v) is 7.42. The van der Waals surface area contributed by atoms with E-state index < -0.39 is 0 Å². The van der Waals surface area contributed by atoms with Gasteiger partial charge in [-0.05, 0) is 64.8 Å². The van der Waals surface area contributed by atoms with Crippen LogP contribution in [0.2, 0.25) is 0 Å². The smallest absolute Gasteiger partial charge is 0.251 e. The second kappa shape index (κ2) is 7.00. The molecule has 23 heavy (non-hydrogen) atoms. The highest BCUT2D eigenvalue weighted by atomic mass is 16.1. The molecule has 1 N–H and O–H groups in total. The summed E-state index contributed by atoms with van der Waals surface area (Å²) in [6.45, 7) is 7.28. The Bertz CT molecular complexity index is 537. The van der Waals surface area contributed by atoms with Crippen LogP contribution in [0.25, 0.3) is 0 Å². The standard InChI is InChI=1S/C19H29N3O/c1-15-12-17(13-16(2)20-15)18(23)21-19(8-4-3-5-9-19)14-22-10-6-7-11-22/h12-13H,3-11,14H2,1-2H3,(H,21,23). The molecular formula is C19H29N3O. The Kier molecular flexibility index (Phi) is 5.00. The number of hydrogen-bond donors (Lipinski definition) is 1. The number of hydrogen-bond acceptors (Lipinski definition) is 3. The van der Waals surface area contributed by atoms with Crippen LogP contribution >= 0.6 is 0 Å². The minimum Gasteiger partial charge on any atom is -0.345 e. The summed E-state index contributed by atoms with van der Waals surface area (Å²) >= 11 is 0. The number of carbonyl (C=O) groups is 1. The van der Waals surface area contributed by atoms with Gasteiger partial charge in [0, 0.05) is 23.5 Å². The molecule has 0 unspecified atom stereocenters. The average Bonchev–Trinajstić information content (AvgIpc) is 2.99. The van der Waals surface area contributed by atoms with E-state index in [9.17, 15) is 4.79 Å². The minimum absolute atomic E-state index is 0.0370. The lowest BCUT2D eigenvalue weighted by Gasteiger charge is -2.41. The Morgan fingerprint density at radius 2 is 1.70 bits per heavy atom. The molecule has 0 radical (unpaired) electrons. The van der Waals surface area contributed by atoms with Gasteiger partial charge in [-0.1, -0.05) is 19.3 Å². The van der Waals surface area contributed by atoms with E-state index in [0.717, 1.165) is 36.3 Å². The molecule has 0 spiro atoms. The van der Waals surface area contributed by atoms with Crippen molar-refractivity contribution in [1.82, 2.24) is 15.2 Å². The van der Waals surface area contributed by atoms with E-state index in [0.29, 0.717) is 0 Å². The number of pyridine rings is 1. The van der Waals surface area contributed by atoms with Gasteiger partial charge in [0.1, 0.15) is 0 Å². The Hall–Kier alpha value is -1.42. The third-order valence-electron chi connectivity index (χ3n) is 5.26. The molecule has 1 aromatic heterocycles. The van der Waals surface area contributed by atoms with Gasteiger partial charge in [0.05, 0.1) is 5.54 Å². The molecule has 1 saturated heterocycles. The van der Waals surface area contributed by atoms with Crippen LogP contribution in [0.5, 0.6) is 0 Å². The molecule has 2 aliphatic rings.